The average Bonchev–Trinajstić information content (AvgIpc) is 2.75. The number of hydrogen-bond acceptors (Lipinski definition) is 2. The van der Waals surface area contributed by atoms with E-state index in [0.717, 1.165) is 29.5 Å². The molecule has 0 radical (unpaired) electrons. The molecule has 0 aromatic heterocycles. The second-order valence-electron chi connectivity index (χ2n) is 6.61. The fourth-order valence-corrected chi connectivity index (χ4v) is 9.35. The molecule has 0 unspecified atom stereocenters. The molecule has 4 aromatic rings. The molecule has 0 saturated heterocycles. The van der Waals surface area contributed by atoms with Crippen molar-refractivity contribution in [1.29, 1.82) is 0 Å². The Hall–Kier alpha value is -2.15. The van der Waals surface area contributed by atoms with Crippen LogP contribution in [0.3, 0.4) is 0 Å². The van der Waals surface area contributed by atoms with Crippen molar-refractivity contribution >= 4 is 41.1 Å². The van der Waals surface area contributed by atoms with Gasteiger partial charge in [0.25, 0.3) is 0 Å². The van der Waals surface area contributed by atoms with Gasteiger partial charge in [-0.05, 0) is 0 Å². The Morgan fingerprint density at radius 2 is 0.655 bits per heavy atom. The summed E-state index contributed by atoms with van der Waals surface area (Å²) in [6.45, 7) is 0. The molecule has 0 atom stereocenters. The van der Waals surface area contributed by atoms with Crippen LogP contribution in [-0.4, -0.2) is 26.2 Å². The van der Waals surface area contributed by atoms with Gasteiger partial charge in [0.15, 0.2) is 0 Å². The van der Waals surface area contributed by atoms with Gasteiger partial charge in [0.1, 0.15) is 0 Å². The fourth-order valence-electron chi connectivity index (χ4n) is 3.08. The average molecular weight is 537 g/mol. The van der Waals surface area contributed by atoms with Gasteiger partial charge in [-0.25, -0.2) is 0 Å². The number of benzene rings is 4. The van der Waals surface area contributed by atoms with E-state index in [1.54, 1.807) is 24.3 Å². The molecule has 0 heterocycles. The van der Waals surface area contributed by atoms with E-state index in [1.165, 1.54) is 0 Å². The maximum absolute atomic E-state index is 9.45. The van der Waals surface area contributed by atoms with Crippen molar-refractivity contribution in [2.75, 3.05) is 0 Å². The van der Waals surface area contributed by atoms with Crippen LogP contribution in [-0.2, 0) is 0 Å². The van der Waals surface area contributed by atoms with Crippen LogP contribution in [0.15, 0.2) is 97.1 Å². The summed E-state index contributed by atoms with van der Waals surface area (Å²) in [7, 11) is 13.8. The number of rotatable bonds is 4. The molecule has 0 aliphatic rings. The molecule has 0 bridgehead atoms. The zero-order valence-corrected chi connectivity index (χ0v) is 19.1. The molecule has 4 aromatic carbocycles. The Morgan fingerprint density at radius 3 is 0.931 bits per heavy atom. The molecular weight excluding hydrogens is 519 g/mol. The van der Waals surface area contributed by atoms with Gasteiger partial charge in [0.2, 0.25) is 0 Å². The molecule has 0 aliphatic carbocycles. The zero-order valence-electron chi connectivity index (χ0n) is 15.3. The Labute approximate surface area is 181 Å². The summed E-state index contributed by atoms with van der Waals surface area (Å²) in [6, 6.07) is 30.2. The minimum absolute atomic E-state index is 0.247. The first kappa shape index (κ1) is 20.1. The van der Waals surface area contributed by atoms with Gasteiger partial charge in [-0.1, -0.05) is 0 Å². The monoisotopic (exact) mass is 538 g/mol. The predicted octanol–water partition coefficient (Wildman–Crippen LogP) is 5.47. The van der Waals surface area contributed by atoms with Crippen LogP contribution in [0.4, 0.5) is 0 Å². The predicted molar refractivity (Wildman–Crippen MR) is 124 cm³/mol. The third-order valence-electron chi connectivity index (χ3n) is 4.70. The van der Waals surface area contributed by atoms with Crippen LogP contribution < -0.4 is 7.22 Å². The van der Waals surface area contributed by atoms with Crippen LogP contribution in [0.25, 0.3) is 22.3 Å². The molecule has 0 amide bonds. The molecule has 29 heavy (non-hydrogen) atoms. The van der Waals surface area contributed by atoms with E-state index in [-0.39, 0.29) is 11.5 Å². The molecule has 0 aliphatic heterocycles. The first-order chi connectivity index (χ1) is 13.9. The van der Waals surface area contributed by atoms with Crippen molar-refractivity contribution in [1.82, 2.24) is 0 Å². The molecule has 0 fully saturated rings. The number of aromatic hydroxyl groups is 2. The van der Waals surface area contributed by atoms with E-state index in [0.29, 0.717) is 0 Å². The van der Waals surface area contributed by atoms with Crippen molar-refractivity contribution < 1.29 is 10.2 Å². The first-order valence-electron chi connectivity index (χ1n) is 8.95. The van der Waals surface area contributed by atoms with E-state index >= 15 is 0 Å². The fraction of sp³-hybridized carbons (Fsp3) is 0. The zero-order chi connectivity index (χ0) is 20.4. The van der Waals surface area contributed by atoms with Crippen LogP contribution in [0.5, 0.6) is 11.5 Å². The Balaban J connectivity index is 1.59. The third kappa shape index (κ3) is 4.39. The Kier molecular flexibility index (Phi) is 5.76. The van der Waals surface area contributed by atoms with Gasteiger partial charge < -0.3 is 0 Å². The van der Waals surface area contributed by atoms with E-state index in [2.05, 4.69) is 0 Å². The van der Waals surface area contributed by atoms with Gasteiger partial charge in [-0.15, -0.1) is 0 Å². The second-order valence-corrected chi connectivity index (χ2v) is 19.2. The van der Waals surface area contributed by atoms with Gasteiger partial charge in [0, 0.05) is 0 Å². The molecule has 2 nitrogen and oxygen atoms in total. The van der Waals surface area contributed by atoms with Crippen LogP contribution in [0, 0.1) is 0 Å². The minimum atomic E-state index is -3.47. The van der Waals surface area contributed by atoms with Gasteiger partial charge >= 0.3 is 182 Å². The number of hydrogen-bond donors (Lipinski definition) is 2. The molecule has 2 N–H and O–H groups in total. The maximum atomic E-state index is 9.45. The number of phenolic OH excluding ortho intramolecular Hbond substituents is 2. The molecular formula is C24H18Cl2O2Te. The first-order valence-corrected chi connectivity index (χ1v) is 17.2. The van der Waals surface area contributed by atoms with Crippen LogP contribution in [0.1, 0.15) is 0 Å². The SMILES string of the molecule is Oc1ccc(-c2ccc([Te](Cl)(Cl)c3ccc(-c4ccc(O)cc4)cc3)cc2)cc1. The quantitative estimate of drug-likeness (QED) is 0.340. The number of halogens is 2. The topological polar surface area (TPSA) is 40.5 Å². The van der Waals surface area contributed by atoms with Crippen molar-refractivity contribution in [2.24, 2.45) is 0 Å². The summed E-state index contributed by atoms with van der Waals surface area (Å²) in [6.07, 6.45) is 0. The summed E-state index contributed by atoms with van der Waals surface area (Å²) in [5.41, 5.74) is 4.14. The molecule has 4 rings (SSSR count). The molecule has 0 saturated carbocycles. The second kappa shape index (κ2) is 8.30. The van der Waals surface area contributed by atoms with Crippen molar-refractivity contribution in [3.8, 4) is 33.8 Å². The summed E-state index contributed by atoms with van der Waals surface area (Å²) in [5, 5.41) is 18.9. The van der Waals surface area contributed by atoms with E-state index in [9.17, 15) is 10.2 Å². The molecule has 146 valence electrons. The van der Waals surface area contributed by atoms with Crippen LogP contribution in [0.2, 0.25) is 0 Å². The molecule has 0 spiro atoms. The van der Waals surface area contributed by atoms with Gasteiger partial charge in [0.05, 0.1) is 0 Å². The summed E-state index contributed by atoms with van der Waals surface area (Å²) in [5.74, 6) is 0.494. The van der Waals surface area contributed by atoms with Crippen LogP contribution >= 0.6 is 17.9 Å². The summed E-state index contributed by atoms with van der Waals surface area (Å²) in [4.78, 5) is 0. The Bertz CT molecular complexity index is 1010. The number of phenols is 2. The Morgan fingerprint density at radius 1 is 0.414 bits per heavy atom. The van der Waals surface area contributed by atoms with Crippen molar-refractivity contribution in [2.45, 2.75) is 0 Å². The van der Waals surface area contributed by atoms with E-state index < -0.39 is 15.9 Å². The standard InChI is InChI=1S/C24H18Cl2O2Te/c25-29(26,23-13-5-19(6-14-23)17-1-9-21(27)10-2-17)24-15-7-20(8-16-24)18-3-11-22(28)12-4-18/h1-16,27-28H. The van der Waals surface area contributed by atoms with Crippen molar-refractivity contribution in [3.05, 3.63) is 97.1 Å². The van der Waals surface area contributed by atoms with Gasteiger partial charge in [-0.3, -0.25) is 0 Å². The third-order valence-corrected chi connectivity index (χ3v) is 14.4. The summed E-state index contributed by atoms with van der Waals surface area (Å²) >= 11 is -3.47. The normalized spacial score (nSPS) is 11.9. The van der Waals surface area contributed by atoms with E-state index in [4.69, 9.17) is 17.9 Å². The van der Waals surface area contributed by atoms with E-state index in [1.807, 2.05) is 72.8 Å². The molecule has 5 heteroatoms. The van der Waals surface area contributed by atoms with Gasteiger partial charge in [-0.2, -0.15) is 0 Å². The van der Waals surface area contributed by atoms with Crippen molar-refractivity contribution in [3.63, 3.8) is 0 Å². The summed E-state index contributed by atoms with van der Waals surface area (Å²) < 4.78 is 1.94.